The van der Waals surface area contributed by atoms with Crippen LogP contribution in [-0.4, -0.2) is 18.4 Å². The lowest BCUT2D eigenvalue weighted by atomic mass is 9.90. The quantitative estimate of drug-likeness (QED) is 0.206. The van der Waals surface area contributed by atoms with Crippen molar-refractivity contribution in [1.82, 2.24) is 0 Å². The maximum atomic E-state index is 11.5. The fourth-order valence-corrected chi connectivity index (χ4v) is 3.26. The molecule has 0 aromatic rings. The molecule has 0 spiro atoms. The van der Waals surface area contributed by atoms with E-state index in [1.807, 2.05) is 0 Å². The van der Waals surface area contributed by atoms with Crippen molar-refractivity contribution in [3.63, 3.8) is 0 Å². The predicted octanol–water partition coefficient (Wildman–Crippen LogP) is 4.18. The minimum Gasteiger partial charge on any atom is -0.429 e. The molecular formula is C20H43N3O2. The molecule has 0 unspecified atom stereocenters. The molecule has 0 aromatic carbocycles. The Kier molecular flexibility index (Phi) is 15.2. The SMILES string of the molecule is CCCCCCCCC(CCCCCCCC)C(N)(N)OC(=O)CN. The van der Waals surface area contributed by atoms with Gasteiger partial charge in [-0.15, -0.1) is 0 Å². The van der Waals surface area contributed by atoms with E-state index in [0.29, 0.717) is 0 Å². The van der Waals surface area contributed by atoms with E-state index in [9.17, 15) is 4.79 Å². The van der Waals surface area contributed by atoms with Crippen molar-refractivity contribution in [2.45, 2.75) is 110 Å². The lowest BCUT2D eigenvalue weighted by molar-refractivity contribution is -0.164. The molecule has 5 nitrogen and oxygen atoms in total. The van der Waals surface area contributed by atoms with Crippen LogP contribution in [0, 0.1) is 5.92 Å². The molecule has 6 N–H and O–H groups in total. The van der Waals surface area contributed by atoms with Crippen molar-refractivity contribution in [2.24, 2.45) is 23.1 Å². The van der Waals surface area contributed by atoms with Crippen LogP contribution in [0.25, 0.3) is 0 Å². The van der Waals surface area contributed by atoms with Gasteiger partial charge in [0, 0.05) is 5.92 Å². The van der Waals surface area contributed by atoms with Gasteiger partial charge in [-0.05, 0) is 12.8 Å². The summed E-state index contributed by atoms with van der Waals surface area (Å²) in [6.07, 6.45) is 16.6. The first kappa shape index (κ1) is 24.4. The number of carbonyl (C=O) groups is 1. The van der Waals surface area contributed by atoms with Gasteiger partial charge in [-0.2, -0.15) is 0 Å². The second-order valence-electron chi connectivity index (χ2n) is 7.34. The summed E-state index contributed by atoms with van der Waals surface area (Å²) >= 11 is 0. The highest BCUT2D eigenvalue weighted by Gasteiger charge is 2.33. The van der Waals surface area contributed by atoms with Crippen LogP contribution in [-0.2, 0) is 9.53 Å². The number of ether oxygens (including phenoxy) is 1. The number of carbonyl (C=O) groups excluding carboxylic acids is 1. The van der Waals surface area contributed by atoms with E-state index in [0.717, 1.165) is 25.7 Å². The van der Waals surface area contributed by atoms with Gasteiger partial charge in [0.15, 0.2) is 0 Å². The average molecular weight is 358 g/mol. The largest absolute Gasteiger partial charge is 0.429 e. The second kappa shape index (κ2) is 15.6. The molecule has 0 rings (SSSR count). The van der Waals surface area contributed by atoms with E-state index in [4.69, 9.17) is 21.9 Å². The fourth-order valence-electron chi connectivity index (χ4n) is 3.26. The maximum Gasteiger partial charge on any atom is 0.322 e. The molecule has 0 heterocycles. The summed E-state index contributed by atoms with van der Waals surface area (Å²) in [6.45, 7) is 4.26. The van der Waals surface area contributed by atoms with E-state index in [2.05, 4.69) is 13.8 Å². The Morgan fingerprint density at radius 3 is 1.60 bits per heavy atom. The average Bonchev–Trinajstić information content (AvgIpc) is 2.58. The van der Waals surface area contributed by atoms with Gasteiger partial charge < -0.3 is 10.5 Å². The molecule has 0 aliphatic carbocycles. The van der Waals surface area contributed by atoms with Crippen molar-refractivity contribution >= 4 is 5.97 Å². The minimum absolute atomic E-state index is 0.000324. The highest BCUT2D eigenvalue weighted by atomic mass is 16.6. The van der Waals surface area contributed by atoms with E-state index in [1.54, 1.807) is 0 Å². The van der Waals surface area contributed by atoms with Crippen LogP contribution in [0.2, 0.25) is 0 Å². The summed E-state index contributed by atoms with van der Waals surface area (Å²) in [5, 5.41) is 0. The van der Waals surface area contributed by atoms with Gasteiger partial charge in [0.1, 0.15) is 0 Å². The first-order valence-corrected chi connectivity index (χ1v) is 10.5. The molecule has 150 valence electrons. The summed E-state index contributed by atoms with van der Waals surface area (Å²) in [4.78, 5) is 11.5. The van der Waals surface area contributed by atoms with E-state index in [-0.39, 0.29) is 12.5 Å². The molecular weight excluding hydrogens is 314 g/mol. The van der Waals surface area contributed by atoms with Crippen molar-refractivity contribution < 1.29 is 9.53 Å². The van der Waals surface area contributed by atoms with E-state index in [1.165, 1.54) is 64.2 Å². The molecule has 0 saturated carbocycles. The number of hydrogen-bond acceptors (Lipinski definition) is 5. The third-order valence-electron chi connectivity index (χ3n) is 4.91. The van der Waals surface area contributed by atoms with Crippen LogP contribution in [0.5, 0.6) is 0 Å². The third-order valence-corrected chi connectivity index (χ3v) is 4.91. The molecule has 5 heteroatoms. The summed E-state index contributed by atoms with van der Waals surface area (Å²) in [6, 6.07) is 0. The first-order valence-electron chi connectivity index (χ1n) is 10.5. The van der Waals surface area contributed by atoms with Gasteiger partial charge in [-0.25, -0.2) is 0 Å². The first-order chi connectivity index (χ1) is 12.0. The summed E-state index contributed by atoms with van der Waals surface area (Å²) in [5.41, 5.74) is 17.6. The van der Waals surface area contributed by atoms with Gasteiger partial charge >= 0.3 is 5.97 Å². The van der Waals surface area contributed by atoms with Gasteiger partial charge in [0.2, 0.25) is 5.85 Å². The van der Waals surface area contributed by atoms with Crippen LogP contribution in [0.4, 0.5) is 0 Å². The van der Waals surface area contributed by atoms with Crippen LogP contribution in [0.3, 0.4) is 0 Å². The summed E-state index contributed by atoms with van der Waals surface area (Å²) in [5.74, 6) is -1.93. The highest BCUT2D eigenvalue weighted by Crippen LogP contribution is 2.26. The lowest BCUT2D eigenvalue weighted by Gasteiger charge is -2.33. The Balaban J connectivity index is 4.31. The highest BCUT2D eigenvalue weighted by molar-refractivity contribution is 5.71. The van der Waals surface area contributed by atoms with Crippen molar-refractivity contribution in [3.8, 4) is 0 Å². The fraction of sp³-hybridized carbons (Fsp3) is 0.950. The van der Waals surface area contributed by atoms with E-state index < -0.39 is 11.8 Å². The summed E-state index contributed by atoms with van der Waals surface area (Å²) in [7, 11) is 0. The number of esters is 1. The maximum absolute atomic E-state index is 11.5. The number of rotatable bonds is 17. The molecule has 0 fully saturated rings. The van der Waals surface area contributed by atoms with Crippen molar-refractivity contribution in [3.05, 3.63) is 0 Å². The molecule has 0 bridgehead atoms. The van der Waals surface area contributed by atoms with Crippen molar-refractivity contribution in [1.29, 1.82) is 0 Å². The van der Waals surface area contributed by atoms with Crippen LogP contribution in [0.1, 0.15) is 104 Å². The summed E-state index contributed by atoms with van der Waals surface area (Å²) < 4.78 is 5.23. The van der Waals surface area contributed by atoms with Gasteiger partial charge in [0.05, 0.1) is 6.54 Å². The van der Waals surface area contributed by atoms with Crippen LogP contribution < -0.4 is 17.2 Å². The lowest BCUT2D eigenvalue weighted by Crippen LogP contribution is -2.59. The minimum atomic E-state index is -1.40. The normalized spacial score (nSPS) is 11.9. The molecule has 0 radical (unpaired) electrons. The monoisotopic (exact) mass is 357 g/mol. The van der Waals surface area contributed by atoms with Crippen LogP contribution in [0.15, 0.2) is 0 Å². The molecule has 0 aromatic heterocycles. The Morgan fingerprint density at radius 2 is 1.20 bits per heavy atom. The molecule has 25 heavy (non-hydrogen) atoms. The Labute approximate surface area is 155 Å². The predicted molar refractivity (Wildman–Crippen MR) is 106 cm³/mol. The zero-order chi connectivity index (χ0) is 19.0. The second-order valence-corrected chi connectivity index (χ2v) is 7.34. The molecule has 0 saturated heterocycles. The molecule has 0 aliphatic heterocycles. The number of unbranched alkanes of at least 4 members (excludes halogenated alkanes) is 10. The Bertz CT molecular complexity index is 306. The number of nitrogens with two attached hydrogens (primary N) is 3. The molecule has 0 aliphatic rings. The zero-order valence-corrected chi connectivity index (χ0v) is 16.7. The van der Waals surface area contributed by atoms with Gasteiger partial charge in [-0.3, -0.25) is 16.3 Å². The van der Waals surface area contributed by atoms with E-state index >= 15 is 0 Å². The Morgan fingerprint density at radius 1 is 0.800 bits per heavy atom. The molecule has 0 amide bonds. The van der Waals surface area contributed by atoms with Crippen molar-refractivity contribution in [2.75, 3.05) is 6.54 Å². The Hall–Kier alpha value is -0.650. The smallest absolute Gasteiger partial charge is 0.322 e. The zero-order valence-electron chi connectivity index (χ0n) is 16.7. The third kappa shape index (κ3) is 13.2. The number of hydrogen-bond donors (Lipinski definition) is 3. The van der Waals surface area contributed by atoms with Crippen LogP contribution >= 0.6 is 0 Å². The van der Waals surface area contributed by atoms with Gasteiger partial charge in [-0.1, -0.05) is 90.9 Å². The molecule has 0 atom stereocenters. The topological polar surface area (TPSA) is 104 Å². The standard InChI is InChI=1S/C20H43N3O2/c1-3-5-7-9-11-13-15-18(16-14-12-10-8-6-4-2)20(22,23)25-19(24)17-21/h18H,3-17,21-23H2,1-2H3. The van der Waals surface area contributed by atoms with Gasteiger partial charge in [0.25, 0.3) is 0 Å².